The van der Waals surface area contributed by atoms with E-state index >= 15 is 0 Å². The van der Waals surface area contributed by atoms with Gasteiger partial charge in [0.05, 0.1) is 0 Å². The van der Waals surface area contributed by atoms with Crippen molar-refractivity contribution >= 4 is 15.9 Å². The highest BCUT2D eigenvalue weighted by molar-refractivity contribution is 9.09. The van der Waals surface area contributed by atoms with Gasteiger partial charge in [-0.25, -0.2) is 4.39 Å². The van der Waals surface area contributed by atoms with Crippen LogP contribution < -0.4 is 0 Å². The zero-order valence-electron chi connectivity index (χ0n) is 5.19. The Morgan fingerprint density at radius 2 is 2.11 bits per heavy atom. The van der Waals surface area contributed by atoms with Crippen LogP contribution in [0.3, 0.4) is 0 Å². The van der Waals surface area contributed by atoms with Crippen LogP contribution in [0.2, 0.25) is 0 Å². The van der Waals surface area contributed by atoms with Crippen LogP contribution in [0.5, 0.6) is 0 Å². The Morgan fingerprint density at radius 1 is 1.33 bits per heavy atom. The van der Waals surface area contributed by atoms with E-state index in [1.807, 2.05) is 0 Å². The molecule has 0 radical (unpaired) electrons. The first-order valence-corrected chi connectivity index (χ1v) is 4.49. The van der Waals surface area contributed by atoms with Crippen molar-refractivity contribution in [3.05, 3.63) is 0 Å². The third-order valence-electron chi connectivity index (χ3n) is 2.72. The summed E-state index contributed by atoms with van der Waals surface area (Å²) in [5.74, 6) is 1.01. The van der Waals surface area contributed by atoms with Crippen molar-refractivity contribution in [2.75, 3.05) is 0 Å². The molecular formula is C7H10BrF. The highest BCUT2D eigenvalue weighted by Crippen LogP contribution is 2.49. The summed E-state index contributed by atoms with van der Waals surface area (Å²) in [4.78, 5) is 0.507. The van der Waals surface area contributed by atoms with Crippen molar-refractivity contribution in [3.8, 4) is 0 Å². The maximum atomic E-state index is 12.8. The number of fused-ring (bicyclic) bond motifs is 2. The predicted octanol–water partition coefficient (Wildman–Crippen LogP) is 2.52. The molecule has 1 unspecified atom stereocenters. The van der Waals surface area contributed by atoms with Crippen molar-refractivity contribution in [1.82, 2.24) is 0 Å². The fraction of sp³-hybridized carbons (Fsp3) is 1.00. The quantitative estimate of drug-likeness (QED) is 0.518. The fourth-order valence-corrected chi connectivity index (χ4v) is 3.24. The molecule has 52 valence electrons. The van der Waals surface area contributed by atoms with Crippen LogP contribution in [0.25, 0.3) is 0 Å². The van der Waals surface area contributed by atoms with E-state index in [1.54, 1.807) is 0 Å². The molecule has 0 aliphatic heterocycles. The Bertz CT molecular complexity index is 126. The van der Waals surface area contributed by atoms with Crippen LogP contribution in [0.4, 0.5) is 4.39 Å². The Kier molecular flexibility index (Phi) is 1.33. The third-order valence-corrected chi connectivity index (χ3v) is 4.15. The Morgan fingerprint density at radius 3 is 2.33 bits per heavy atom. The van der Waals surface area contributed by atoms with Gasteiger partial charge in [0.1, 0.15) is 6.17 Å². The number of alkyl halides is 2. The maximum absolute atomic E-state index is 12.8. The van der Waals surface area contributed by atoms with Crippen molar-refractivity contribution in [2.24, 2.45) is 11.8 Å². The molecule has 2 heteroatoms. The molecule has 2 fully saturated rings. The summed E-state index contributed by atoms with van der Waals surface area (Å²) < 4.78 is 12.8. The highest BCUT2D eigenvalue weighted by atomic mass is 79.9. The van der Waals surface area contributed by atoms with Crippen molar-refractivity contribution in [1.29, 1.82) is 0 Å². The van der Waals surface area contributed by atoms with Gasteiger partial charge in [0, 0.05) is 10.7 Å². The molecule has 4 atom stereocenters. The van der Waals surface area contributed by atoms with Crippen LogP contribution in [0.15, 0.2) is 0 Å². The van der Waals surface area contributed by atoms with Gasteiger partial charge in [0.2, 0.25) is 0 Å². The van der Waals surface area contributed by atoms with E-state index in [4.69, 9.17) is 0 Å². The molecule has 2 rings (SSSR count). The van der Waals surface area contributed by atoms with Crippen LogP contribution in [-0.2, 0) is 0 Å². The van der Waals surface area contributed by atoms with Gasteiger partial charge in [-0.3, -0.25) is 0 Å². The van der Waals surface area contributed by atoms with E-state index in [2.05, 4.69) is 15.9 Å². The molecule has 0 aromatic carbocycles. The number of rotatable bonds is 0. The van der Waals surface area contributed by atoms with Crippen LogP contribution in [0.1, 0.15) is 19.3 Å². The van der Waals surface area contributed by atoms with Crippen molar-refractivity contribution in [3.63, 3.8) is 0 Å². The minimum absolute atomic E-state index is 0.356. The van der Waals surface area contributed by atoms with Crippen molar-refractivity contribution in [2.45, 2.75) is 30.3 Å². The molecule has 2 saturated carbocycles. The van der Waals surface area contributed by atoms with Crippen LogP contribution >= 0.6 is 15.9 Å². The second-order valence-corrected chi connectivity index (χ2v) is 4.25. The molecule has 0 heterocycles. The second-order valence-electron chi connectivity index (χ2n) is 3.20. The lowest BCUT2D eigenvalue weighted by molar-refractivity contribution is 0.231. The third kappa shape index (κ3) is 0.754. The average molecular weight is 193 g/mol. The van der Waals surface area contributed by atoms with E-state index in [1.165, 1.54) is 6.42 Å². The molecule has 0 amide bonds. The maximum Gasteiger partial charge on any atom is 0.104 e. The van der Waals surface area contributed by atoms with Crippen molar-refractivity contribution < 1.29 is 4.39 Å². The summed E-state index contributed by atoms with van der Waals surface area (Å²) in [6, 6.07) is 0. The minimum Gasteiger partial charge on any atom is -0.247 e. The summed E-state index contributed by atoms with van der Waals surface area (Å²) in [6.45, 7) is 0. The van der Waals surface area contributed by atoms with E-state index in [9.17, 15) is 4.39 Å². The lowest BCUT2D eigenvalue weighted by Crippen LogP contribution is -2.12. The van der Waals surface area contributed by atoms with E-state index < -0.39 is 6.17 Å². The molecule has 2 aliphatic carbocycles. The first-order chi connectivity index (χ1) is 4.29. The van der Waals surface area contributed by atoms with E-state index in [0.29, 0.717) is 16.7 Å². The molecule has 0 nitrogen and oxygen atoms in total. The first kappa shape index (κ1) is 6.14. The average Bonchev–Trinajstić information content (AvgIpc) is 2.25. The predicted molar refractivity (Wildman–Crippen MR) is 38.4 cm³/mol. The Labute approximate surface area is 63.0 Å². The summed E-state index contributed by atoms with van der Waals surface area (Å²) >= 11 is 3.53. The van der Waals surface area contributed by atoms with Gasteiger partial charge in [0.25, 0.3) is 0 Å². The van der Waals surface area contributed by atoms with Crippen LogP contribution in [-0.4, -0.2) is 11.0 Å². The van der Waals surface area contributed by atoms with Gasteiger partial charge in [0.15, 0.2) is 0 Å². The number of hydrogen-bond acceptors (Lipinski definition) is 0. The molecule has 0 saturated heterocycles. The Balaban J connectivity index is 2.16. The zero-order valence-corrected chi connectivity index (χ0v) is 6.77. The molecular weight excluding hydrogens is 183 g/mol. The van der Waals surface area contributed by atoms with Gasteiger partial charge < -0.3 is 0 Å². The van der Waals surface area contributed by atoms with Crippen LogP contribution in [0, 0.1) is 11.8 Å². The first-order valence-electron chi connectivity index (χ1n) is 3.57. The standard InChI is InChI=1S/C7H10BrF/c8-7-4-1-2-5(7)6(9)3-4/h4-7H,1-3H2/t4-,5+,6-,7?/m0/s1. The van der Waals surface area contributed by atoms with Gasteiger partial charge in [-0.15, -0.1) is 0 Å². The van der Waals surface area contributed by atoms with E-state index in [0.717, 1.165) is 12.8 Å². The summed E-state index contributed by atoms with van der Waals surface area (Å²) in [5.41, 5.74) is 0. The topological polar surface area (TPSA) is 0 Å². The number of halogens is 2. The lowest BCUT2D eigenvalue weighted by atomic mass is 9.99. The van der Waals surface area contributed by atoms with Gasteiger partial charge >= 0.3 is 0 Å². The molecule has 0 aromatic heterocycles. The Hall–Kier alpha value is 0.410. The fourth-order valence-electron chi connectivity index (χ4n) is 2.17. The normalized spacial score (nSPS) is 56.7. The van der Waals surface area contributed by atoms with E-state index in [-0.39, 0.29) is 0 Å². The van der Waals surface area contributed by atoms with Gasteiger partial charge in [-0.1, -0.05) is 15.9 Å². The summed E-state index contributed by atoms with van der Waals surface area (Å²) in [7, 11) is 0. The van der Waals surface area contributed by atoms with Gasteiger partial charge in [-0.2, -0.15) is 0 Å². The largest absolute Gasteiger partial charge is 0.247 e. The second kappa shape index (κ2) is 1.94. The monoisotopic (exact) mass is 192 g/mol. The molecule has 2 bridgehead atoms. The van der Waals surface area contributed by atoms with Gasteiger partial charge in [-0.05, 0) is 25.2 Å². The smallest absolute Gasteiger partial charge is 0.104 e. The lowest BCUT2D eigenvalue weighted by Gasteiger charge is -2.11. The minimum atomic E-state index is -0.492. The molecule has 2 aliphatic rings. The summed E-state index contributed by atoms with van der Waals surface area (Å²) in [5, 5.41) is 0. The zero-order chi connectivity index (χ0) is 6.43. The summed E-state index contributed by atoms with van der Waals surface area (Å²) in [6.07, 6.45) is 2.69. The number of hydrogen-bond donors (Lipinski definition) is 0. The molecule has 0 aromatic rings. The highest BCUT2D eigenvalue weighted by Gasteiger charge is 2.46. The molecule has 0 spiro atoms. The molecule has 0 N–H and O–H groups in total. The SMILES string of the molecule is F[C@H]1C[C@@H]2CC[C@H]1C2Br. The molecule has 9 heavy (non-hydrogen) atoms.